The standard InChI is InChI=1S/C19H18F4N2O2/c20-18-10-13(3-4-14(18)11-19(21,22)23)15-2-1-9-24(12-15)16-5-7-17(8-6-16)25(26)27/h3-8,10,15H,1-2,9,11-12H2. The van der Waals surface area contributed by atoms with Crippen molar-refractivity contribution in [2.24, 2.45) is 0 Å². The van der Waals surface area contributed by atoms with Crippen molar-refractivity contribution in [2.45, 2.75) is 31.4 Å². The van der Waals surface area contributed by atoms with Crippen molar-refractivity contribution in [3.63, 3.8) is 0 Å². The van der Waals surface area contributed by atoms with Crippen molar-refractivity contribution in [2.75, 3.05) is 18.0 Å². The molecule has 0 bridgehead atoms. The summed E-state index contributed by atoms with van der Waals surface area (Å²) >= 11 is 0. The number of hydrogen-bond donors (Lipinski definition) is 0. The fraction of sp³-hybridized carbons (Fsp3) is 0.368. The number of non-ortho nitro benzene ring substituents is 1. The molecule has 1 aliphatic rings. The topological polar surface area (TPSA) is 46.4 Å². The van der Waals surface area contributed by atoms with Gasteiger partial charge in [0, 0.05) is 36.8 Å². The van der Waals surface area contributed by atoms with E-state index in [-0.39, 0.29) is 17.2 Å². The highest BCUT2D eigenvalue weighted by Gasteiger charge is 2.30. The lowest BCUT2D eigenvalue weighted by molar-refractivity contribution is -0.384. The monoisotopic (exact) mass is 382 g/mol. The van der Waals surface area contributed by atoms with Crippen LogP contribution in [0.5, 0.6) is 0 Å². The Morgan fingerprint density at radius 2 is 1.85 bits per heavy atom. The van der Waals surface area contributed by atoms with E-state index in [1.807, 2.05) is 0 Å². The molecule has 1 unspecified atom stereocenters. The number of rotatable bonds is 4. The van der Waals surface area contributed by atoms with Crippen LogP contribution in [0.1, 0.15) is 29.9 Å². The smallest absolute Gasteiger partial charge is 0.371 e. The Labute approximate surface area is 153 Å². The number of nitro benzene ring substituents is 1. The number of nitro groups is 1. The molecule has 1 aliphatic heterocycles. The predicted molar refractivity (Wildman–Crippen MR) is 93.4 cm³/mol. The second-order valence-corrected chi connectivity index (χ2v) is 6.70. The molecule has 0 radical (unpaired) electrons. The maximum atomic E-state index is 14.1. The molecule has 0 aliphatic carbocycles. The van der Waals surface area contributed by atoms with Crippen LogP contribution in [-0.4, -0.2) is 24.2 Å². The van der Waals surface area contributed by atoms with E-state index >= 15 is 0 Å². The van der Waals surface area contributed by atoms with Crippen LogP contribution in [0, 0.1) is 15.9 Å². The van der Waals surface area contributed by atoms with Crippen LogP contribution in [0.15, 0.2) is 42.5 Å². The van der Waals surface area contributed by atoms with Crippen LogP contribution < -0.4 is 4.90 Å². The van der Waals surface area contributed by atoms with Gasteiger partial charge in [0.15, 0.2) is 0 Å². The maximum absolute atomic E-state index is 14.1. The number of halogens is 4. The highest BCUT2D eigenvalue weighted by molar-refractivity contribution is 5.51. The van der Waals surface area contributed by atoms with Crippen molar-refractivity contribution >= 4 is 11.4 Å². The average Bonchev–Trinajstić information content (AvgIpc) is 2.62. The summed E-state index contributed by atoms with van der Waals surface area (Å²) in [5.41, 5.74) is 1.16. The summed E-state index contributed by atoms with van der Waals surface area (Å²) < 4.78 is 51.5. The Kier molecular flexibility index (Phi) is 5.34. The zero-order valence-electron chi connectivity index (χ0n) is 14.4. The van der Waals surface area contributed by atoms with Crippen LogP contribution >= 0.6 is 0 Å². The lowest BCUT2D eigenvalue weighted by Crippen LogP contribution is -2.34. The van der Waals surface area contributed by atoms with Gasteiger partial charge in [0.2, 0.25) is 0 Å². The maximum Gasteiger partial charge on any atom is 0.393 e. The minimum absolute atomic E-state index is 0.00892. The Hall–Kier alpha value is -2.64. The molecule has 0 spiro atoms. The molecule has 27 heavy (non-hydrogen) atoms. The molecule has 1 fully saturated rings. The normalized spacial score (nSPS) is 17.8. The van der Waals surface area contributed by atoms with E-state index < -0.39 is 23.3 Å². The van der Waals surface area contributed by atoms with E-state index in [4.69, 9.17) is 0 Å². The predicted octanol–water partition coefficient (Wildman–Crippen LogP) is 5.22. The molecule has 4 nitrogen and oxygen atoms in total. The molecule has 1 heterocycles. The Morgan fingerprint density at radius 3 is 2.44 bits per heavy atom. The van der Waals surface area contributed by atoms with Gasteiger partial charge in [-0.25, -0.2) is 4.39 Å². The summed E-state index contributed by atoms with van der Waals surface area (Å²) in [4.78, 5) is 12.3. The zero-order valence-corrected chi connectivity index (χ0v) is 14.4. The van der Waals surface area contributed by atoms with Crippen LogP contribution in [-0.2, 0) is 6.42 Å². The first-order valence-electron chi connectivity index (χ1n) is 8.57. The van der Waals surface area contributed by atoms with Gasteiger partial charge in [-0.2, -0.15) is 13.2 Å². The third-order valence-electron chi connectivity index (χ3n) is 4.79. The molecule has 3 rings (SSSR count). The molecule has 0 amide bonds. The van der Waals surface area contributed by atoms with Crippen molar-refractivity contribution in [3.8, 4) is 0 Å². The van der Waals surface area contributed by atoms with E-state index in [0.717, 1.165) is 25.1 Å². The van der Waals surface area contributed by atoms with Gasteiger partial charge < -0.3 is 4.90 Å². The van der Waals surface area contributed by atoms with Crippen LogP contribution in [0.2, 0.25) is 0 Å². The largest absolute Gasteiger partial charge is 0.393 e. The average molecular weight is 382 g/mol. The molecular formula is C19H18F4N2O2. The van der Waals surface area contributed by atoms with Crippen molar-refractivity contribution < 1.29 is 22.5 Å². The number of nitrogens with zero attached hydrogens (tertiary/aromatic N) is 2. The van der Waals surface area contributed by atoms with E-state index in [1.165, 1.54) is 24.3 Å². The van der Waals surface area contributed by atoms with Gasteiger partial charge in [0.25, 0.3) is 5.69 Å². The number of alkyl halides is 3. The van der Waals surface area contributed by atoms with E-state index in [9.17, 15) is 27.7 Å². The molecule has 1 atom stereocenters. The highest BCUT2D eigenvalue weighted by Crippen LogP contribution is 2.32. The minimum atomic E-state index is -4.44. The fourth-order valence-electron chi connectivity index (χ4n) is 3.45. The summed E-state index contributed by atoms with van der Waals surface area (Å²) in [6, 6.07) is 10.2. The van der Waals surface area contributed by atoms with Crippen molar-refractivity contribution in [1.29, 1.82) is 0 Å². The second kappa shape index (κ2) is 7.54. The molecule has 2 aromatic rings. The van der Waals surface area contributed by atoms with Gasteiger partial charge in [-0.3, -0.25) is 10.1 Å². The fourth-order valence-corrected chi connectivity index (χ4v) is 3.45. The Bertz CT molecular complexity index is 821. The zero-order chi connectivity index (χ0) is 19.6. The number of piperidine rings is 1. The van der Waals surface area contributed by atoms with E-state index in [1.54, 1.807) is 18.2 Å². The van der Waals surface area contributed by atoms with Gasteiger partial charge in [-0.1, -0.05) is 12.1 Å². The van der Waals surface area contributed by atoms with Crippen molar-refractivity contribution in [3.05, 3.63) is 69.5 Å². The third kappa shape index (κ3) is 4.75. The SMILES string of the molecule is O=[N+]([O-])c1ccc(N2CCCC(c3ccc(CC(F)(F)F)c(F)c3)C2)cc1. The van der Waals surface area contributed by atoms with Gasteiger partial charge >= 0.3 is 6.18 Å². The summed E-state index contributed by atoms with van der Waals surface area (Å²) in [7, 11) is 0. The molecule has 0 saturated carbocycles. The van der Waals surface area contributed by atoms with Gasteiger partial charge in [-0.15, -0.1) is 0 Å². The summed E-state index contributed by atoms with van der Waals surface area (Å²) in [6.07, 6.45) is -4.08. The first-order chi connectivity index (χ1) is 12.7. The number of benzene rings is 2. The second-order valence-electron chi connectivity index (χ2n) is 6.70. The Morgan fingerprint density at radius 1 is 1.15 bits per heavy atom. The van der Waals surface area contributed by atoms with Gasteiger partial charge in [0.05, 0.1) is 11.3 Å². The molecule has 1 saturated heterocycles. The van der Waals surface area contributed by atoms with Crippen molar-refractivity contribution in [1.82, 2.24) is 0 Å². The summed E-state index contributed by atoms with van der Waals surface area (Å²) in [5.74, 6) is -0.847. The molecule has 0 N–H and O–H groups in total. The third-order valence-corrected chi connectivity index (χ3v) is 4.79. The summed E-state index contributed by atoms with van der Waals surface area (Å²) in [6.45, 7) is 1.35. The van der Waals surface area contributed by atoms with E-state index in [2.05, 4.69) is 4.90 Å². The number of hydrogen-bond acceptors (Lipinski definition) is 3. The molecular weight excluding hydrogens is 364 g/mol. The van der Waals surface area contributed by atoms with Gasteiger partial charge in [-0.05, 0) is 42.2 Å². The van der Waals surface area contributed by atoms with Gasteiger partial charge in [0.1, 0.15) is 5.82 Å². The molecule has 144 valence electrons. The first-order valence-corrected chi connectivity index (χ1v) is 8.57. The molecule has 0 aromatic heterocycles. The molecule has 2 aromatic carbocycles. The van der Waals surface area contributed by atoms with Crippen LogP contribution in [0.25, 0.3) is 0 Å². The highest BCUT2D eigenvalue weighted by atomic mass is 19.4. The number of anilines is 1. The minimum Gasteiger partial charge on any atom is -0.371 e. The van der Waals surface area contributed by atoms with Crippen LogP contribution in [0.3, 0.4) is 0 Å². The van der Waals surface area contributed by atoms with E-state index in [0.29, 0.717) is 12.1 Å². The lowest BCUT2D eigenvalue weighted by Gasteiger charge is -2.34. The lowest BCUT2D eigenvalue weighted by atomic mass is 9.89. The molecule has 8 heteroatoms. The summed E-state index contributed by atoms with van der Waals surface area (Å²) in [5, 5.41) is 10.8. The quantitative estimate of drug-likeness (QED) is 0.414. The Balaban J connectivity index is 1.74. The van der Waals surface area contributed by atoms with Crippen LogP contribution in [0.4, 0.5) is 28.9 Å². The first kappa shape index (κ1) is 19.1.